The molecule has 1 heteroatoms. The minimum absolute atomic E-state index is 0.0249. The average Bonchev–Trinajstić information content (AvgIpc) is 1.75. The Hall–Kier alpha value is -0.0400. The maximum Gasteiger partial charge on any atom is 0.0570 e. The highest BCUT2D eigenvalue weighted by molar-refractivity contribution is 4.81. The van der Waals surface area contributed by atoms with Gasteiger partial charge in [0.1, 0.15) is 0 Å². The van der Waals surface area contributed by atoms with Crippen LogP contribution in [0.25, 0.3) is 0 Å². The molecule has 0 saturated heterocycles. The fourth-order valence-electron chi connectivity index (χ4n) is 1.53. The standard InChI is InChI=1S/C11H22O/c1-8(2)11-5-10(6-11)7-12-9(3)4/h8-11H,5-7H2,1-4H3/i7D2. The van der Waals surface area contributed by atoms with Crippen LogP contribution in [-0.4, -0.2) is 12.7 Å². The van der Waals surface area contributed by atoms with Crippen LogP contribution < -0.4 is 0 Å². The zero-order valence-electron chi connectivity index (χ0n) is 10.6. The van der Waals surface area contributed by atoms with E-state index in [0.29, 0.717) is 11.8 Å². The van der Waals surface area contributed by atoms with Crippen molar-refractivity contribution in [1.82, 2.24) is 0 Å². The van der Waals surface area contributed by atoms with Crippen molar-refractivity contribution in [3.8, 4) is 0 Å². The SMILES string of the molecule is [2H]C([2H])(OC(C)C)C1CC(C(C)C)C1. The van der Waals surface area contributed by atoms with E-state index in [9.17, 15) is 0 Å². The summed E-state index contributed by atoms with van der Waals surface area (Å²) in [6.07, 6.45) is 1.94. The van der Waals surface area contributed by atoms with Crippen molar-refractivity contribution >= 4 is 0 Å². The first-order valence-electron chi connectivity index (χ1n) is 6.00. The first-order valence-corrected chi connectivity index (χ1v) is 5.00. The molecule has 1 saturated carbocycles. The van der Waals surface area contributed by atoms with Crippen LogP contribution in [0.2, 0.25) is 0 Å². The second kappa shape index (κ2) is 4.27. The highest BCUT2D eigenvalue weighted by Gasteiger charge is 2.31. The minimum atomic E-state index is -1.42. The van der Waals surface area contributed by atoms with E-state index in [0.717, 1.165) is 12.8 Å². The van der Waals surface area contributed by atoms with Gasteiger partial charge in [0.2, 0.25) is 0 Å². The molecule has 0 atom stereocenters. The molecule has 0 bridgehead atoms. The molecule has 0 aromatic rings. The van der Waals surface area contributed by atoms with Crippen LogP contribution in [-0.2, 0) is 4.74 Å². The number of rotatable bonds is 4. The molecule has 1 fully saturated rings. The van der Waals surface area contributed by atoms with E-state index in [1.807, 2.05) is 13.8 Å². The Labute approximate surface area is 79.3 Å². The summed E-state index contributed by atoms with van der Waals surface area (Å²) in [7, 11) is 0. The lowest BCUT2D eigenvalue weighted by atomic mass is 9.70. The molecular weight excluding hydrogens is 148 g/mol. The fourth-order valence-corrected chi connectivity index (χ4v) is 1.53. The van der Waals surface area contributed by atoms with Gasteiger partial charge >= 0.3 is 0 Å². The van der Waals surface area contributed by atoms with Crippen molar-refractivity contribution in [2.75, 3.05) is 6.56 Å². The van der Waals surface area contributed by atoms with Gasteiger partial charge < -0.3 is 4.74 Å². The van der Waals surface area contributed by atoms with E-state index in [4.69, 9.17) is 7.48 Å². The lowest BCUT2D eigenvalue weighted by Gasteiger charge is -2.38. The maximum atomic E-state index is 7.79. The van der Waals surface area contributed by atoms with Gasteiger partial charge in [-0.05, 0) is 44.4 Å². The largest absolute Gasteiger partial charge is 0.379 e. The Morgan fingerprint density at radius 1 is 1.33 bits per heavy atom. The van der Waals surface area contributed by atoms with Crippen LogP contribution in [0.15, 0.2) is 0 Å². The van der Waals surface area contributed by atoms with Crippen molar-refractivity contribution in [3.05, 3.63) is 0 Å². The number of ether oxygens (including phenoxy) is 1. The second-order valence-electron chi connectivity index (χ2n) is 4.46. The van der Waals surface area contributed by atoms with Crippen molar-refractivity contribution in [2.24, 2.45) is 17.8 Å². The summed E-state index contributed by atoms with van der Waals surface area (Å²) in [6, 6.07) is 0. The van der Waals surface area contributed by atoms with Crippen molar-refractivity contribution in [2.45, 2.75) is 46.6 Å². The van der Waals surface area contributed by atoms with E-state index in [1.165, 1.54) is 0 Å². The molecule has 0 aromatic heterocycles. The van der Waals surface area contributed by atoms with Gasteiger partial charge in [-0.2, -0.15) is 0 Å². The fraction of sp³-hybridized carbons (Fsp3) is 1.00. The molecule has 12 heavy (non-hydrogen) atoms. The molecular formula is C11H22O. The highest BCUT2D eigenvalue weighted by atomic mass is 16.5. The first kappa shape index (κ1) is 7.37. The van der Waals surface area contributed by atoms with Crippen LogP contribution in [0.3, 0.4) is 0 Å². The summed E-state index contributed by atoms with van der Waals surface area (Å²) in [5.74, 6) is 1.49. The van der Waals surface area contributed by atoms with E-state index in [1.54, 1.807) is 0 Å². The zero-order chi connectivity index (χ0) is 10.9. The third-order valence-corrected chi connectivity index (χ3v) is 2.59. The third-order valence-electron chi connectivity index (χ3n) is 2.59. The van der Waals surface area contributed by atoms with E-state index < -0.39 is 6.56 Å². The molecule has 1 rings (SSSR count). The molecule has 1 nitrogen and oxygen atoms in total. The Kier molecular flexibility index (Phi) is 2.62. The summed E-state index contributed by atoms with van der Waals surface area (Å²) >= 11 is 0. The predicted molar refractivity (Wildman–Crippen MR) is 52.1 cm³/mol. The zero-order valence-corrected chi connectivity index (χ0v) is 8.63. The van der Waals surface area contributed by atoms with Crippen LogP contribution in [0.4, 0.5) is 0 Å². The monoisotopic (exact) mass is 172 g/mol. The van der Waals surface area contributed by atoms with Gasteiger partial charge in [-0.3, -0.25) is 0 Å². The summed E-state index contributed by atoms with van der Waals surface area (Å²) < 4.78 is 20.9. The molecule has 0 heterocycles. The number of hydrogen-bond donors (Lipinski definition) is 0. The van der Waals surface area contributed by atoms with Gasteiger partial charge in [0.05, 0.1) is 8.85 Å². The van der Waals surface area contributed by atoms with Gasteiger partial charge in [0.15, 0.2) is 0 Å². The van der Waals surface area contributed by atoms with Crippen LogP contribution >= 0.6 is 0 Å². The Bertz CT molecular complexity index is 184. The van der Waals surface area contributed by atoms with Crippen LogP contribution in [0.1, 0.15) is 43.3 Å². The van der Waals surface area contributed by atoms with Crippen molar-refractivity contribution < 1.29 is 7.48 Å². The molecule has 0 aliphatic heterocycles. The summed E-state index contributed by atoms with van der Waals surface area (Å²) in [6.45, 7) is 6.77. The molecule has 72 valence electrons. The second-order valence-corrected chi connectivity index (χ2v) is 4.46. The van der Waals surface area contributed by atoms with Crippen LogP contribution in [0.5, 0.6) is 0 Å². The highest BCUT2D eigenvalue weighted by Crippen LogP contribution is 2.38. The number of hydrogen-bond acceptors (Lipinski definition) is 1. The van der Waals surface area contributed by atoms with Crippen molar-refractivity contribution in [3.63, 3.8) is 0 Å². The van der Waals surface area contributed by atoms with E-state index >= 15 is 0 Å². The topological polar surface area (TPSA) is 9.23 Å². The van der Waals surface area contributed by atoms with Gasteiger partial charge in [-0.25, -0.2) is 0 Å². The molecule has 0 N–H and O–H groups in total. The Morgan fingerprint density at radius 2 is 1.92 bits per heavy atom. The first-order chi connectivity index (χ1) is 6.33. The van der Waals surface area contributed by atoms with Crippen LogP contribution in [0, 0.1) is 17.8 Å². The minimum Gasteiger partial charge on any atom is -0.379 e. The van der Waals surface area contributed by atoms with Gasteiger partial charge in [0, 0.05) is 6.56 Å². The van der Waals surface area contributed by atoms with E-state index in [2.05, 4.69) is 13.8 Å². The van der Waals surface area contributed by atoms with Crippen molar-refractivity contribution in [1.29, 1.82) is 0 Å². The molecule has 1 aliphatic rings. The van der Waals surface area contributed by atoms with Gasteiger partial charge in [0.25, 0.3) is 0 Å². The maximum absolute atomic E-state index is 7.79. The molecule has 0 amide bonds. The molecule has 0 radical (unpaired) electrons. The Morgan fingerprint density at radius 3 is 2.33 bits per heavy atom. The van der Waals surface area contributed by atoms with Gasteiger partial charge in [-0.15, -0.1) is 0 Å². The quantitative estimate of drug-likeness (QED) is 0.633. The Balaban J connectivity index is 2.37. The summed E-state index contributed by atoms with van der Waals surface area (Å²) in [5, 5.41) is 0. The smallest absolute Gasteiger partial charge is 0.0570 e. The lowest BCUT2D eigenvalue weighted by molar-refractivity contribution is 0.00104. The lowest BCUT2D eigenvalue weighted by Crippen LogP contribution is -2.31. The summed E-state index contributed by atoms with van der Waals surface area (Å²) in [4.78, 5) is 0. The third kappa shape index (κ3) is 2.78. The molecule has 0 unspecified atom stereocenters. The van der Waals surface area contributed by atoms with Gasteiger partial charge in [-0.1, -0.05) is 13.8 Å². The normalized spacial score (nSPS) is 33.2. The molecule has 1 aliphatic carbocycles. The molecule has 0 aromatic carbocycles. The summed E-state index contributed by atoms with van der Waals surface area (Å²) in [5.41, 5.74) is 0. The van der Waals surface area contributed by atoms with E-state index in [-0.39, 0.29) is 12.0 Å². The predicted octanol–water partition coefficient (Wildman–Crippen LogP) is 3.09. The average molecular weight is 172 g/mol. The molecule has 0 spiro atoms.